The summed E-state index contributed by atoms with van der Waals surface area (Å²) in [4.78, 5) is 2.50. The van der Waals surface area contributed by atoms with Crippen LogP contribution in [-0.2, 0) is 6.54 Å². The second-order valence-electron chi connectivity index (χ2n) is 7.71. The first-order valence-corrected chi connectivity index (χ1v) is 10.2. The predicted octanol–water partition coefficient (Wildman–Crippen LogP) is 4.23. The number of methoxy groups -OCH3 is 1. The molecule has 1 aliphatic heterocycles. The first kappa shape index (κ1) is 19.5. The quantitative estimate of drug-likeness (QED) is 0.596. The highest BCUT2D eigenvalue weighted by Gasteiger charge is 2.26. The normalized spacial score (nSPS) is 17.9. The number of rotatable bonds is 7. The molecular weight excluding hydrogens is 358 g/mol. The smallest absolute Gasteiger partial charge is 0.119 e. The lowest BCUT2D eigenvalue weighted by atomic mass is 9.96. The Kier molecular flexibility index (Phi) is 6.13. The Balaban J connectivity index is 1.47. The molecule has 1 fully saturated rings. The second-order valence-corrected chi connectivity index (χ2v) is 7.71. The Morgan fingerprint density at radius 1 is 1.03 bits per heavy atom. The second kappa shape index (κ2) is 9.12. The van der Waals surface area contributed by atoms with E-state index < -0.39 is 0 Å². The van der Waals surface area contributed by atoms with E-state index in [0.29, 0.717) is 6.04 Å². The van der Waals surface area contributed by atoms with Crippen LogP contribution >= 0.6 is 0 Å². The van der Waals surface area contributed by atoms with E-state index in [1.807, 2.05) is 18.2 Å². The summed E-state index contributed by atoms with van der Waals surface area (Å²) in [7, 11) is 1.72. The van der Waals surface area contributed by atoms with E-state index in [0.717, 1.165) is 43.1 Å². The first-order chi connectivity index (χ1) is 14.2. The molecule has 0 aromatic heterocycles. The number of nitrogen functional groups attached to an aromatic ring is 1. The van der Waals surface area contributed by atoms with Crippen molar-refractivity contribution in [2.24, 2.45) is 0 Å². The summed E-state index contributed by atoms with van der Waals surface area (Å²) in [6.07, 6.45) is 1.13. The molecule has 0 spiro atoms. The Morgan fingerprint density at radius 3 is 2.62 bits per heavy atom. The number of ether oxygens (including phenoxy) is 1. The molecule has 0 amide bonds. The van der Waals surface area contributed by atoms with Crippen LogP contribution in [0.3, 0.4) is 0 Å². The maximum absolute atomic E-state index is 6.33. The van der Waals surface area contributed by atoms with E-state index in [-0.39, 0.29) is 6.04 Å². The van der Waals surface area contributed by atoms with Crippen molar-refractivity contribution in [2.75, 3.05) is 25.9 Å². The number of benzene rings is 3. The lowest BCUT2D eigenvalue weighted by molar-refractivity contribution is 0.316. The van der Waals surface area contributed by atoms with E-state index in [1.54, 1.807) is 7.11 Å². The fraction of sp³-hybridized carbons (Fsp3) is 0.280. The molecule has 1 heterocycles. The third-order valence-electron chi connectivity index (χ3n) is 5.65. The molecule has 0 radical (unpaired) electrons. The molecular formula is C25H29N3O. The highest BCUT2D eigenvalue weighted by Crippen LogP contribution is 2.28. The molecule has 150 valence electrons. The van der Waals surface area contributed by atoms with Crippen molar-refractivity contribution in [1.82, 2.24) is 10.2 Å². The summed E-state index contributed by atoms with van der Waals surface area (Å²) in [5, 5.41) is 3.88. The molecule has 2 atom stereocenters. The van der Waals surface area contributed by atoms with Crippen LogP contribution in [0.15, 0.2) is 78.9 Å². The number of hydrogen-bond acceptors (Lipinski definition) is 4. The topological polar surface area (TPSA) is 50.5 Å². The minimum absolute atomic E-state index is 0.0965. The van der Waals surface area contributed by atoms with Crippen LogP contribution < -0.4 is 15.8 Å². The number of nitrogens with zero attached hydrogens (tertiary/aromatic N) is 1. The zero-order valence-corrected chi connectivity index (χ0v) is 16.9. The molecule has 3 N–H and O–H groups in total. The maximum atomic E-state index is 6.33. The van der Waals surface area contributed by atoms with Crippen molar-refractivity contribution in [3.8, 4) is 5.75 Å². The van der Waals surface area contributed by atoms with Crippen molar-refractivity contribution in [2.45, 2.75) is 25.0 Å². The molecule has 1 aliphatic rings. The number of likely N-dealkylation sites (tertiary alicyclic amines) is 1. The standard InChI is InChI=1S/C25H29N3O/c1-29-22-11-7-8-19(16-22)17-28-15-14-21(18-28)27-25(20-9-3-2-4-10-20)23-12-5-6-13-24(23)26/h2-13,16,21,25,27H,14-15,17-18,26H2,1H3. The summed E-state index contributed by atoms with van der Waals surface area (Å²) < 4.78 is 5.36. The molecule has 3 aromatic carbocycles. The van der Waals surface area contributed by atoms with Crippen LogP contribution in [0.25, 0.3) is 0 Å². The minimum Gasteiger partial charge on any atom is -0.497 e. The Morgan fingerprint density at radius 2 is 1.83 bits per heavy atom. The van der Waals surface area contributed by atoms with Gasteiger partial charge < -0.3 is 15.8 Å². The molecule has 1 saturated heterocycles. The minimum atomic E-state index is 0.0965. The monoisotopic (exact) mass is 387 g/mol. The number of nitrogens with two attached hydrogens (primary N) is 1. The highest BCUT2D eigenvalue weighted by atomic mass is 16.5. The summed E-state index contributed by atoms with van der Waals surface area (Å²) in [6, 6.07) is 27.6. The van der Waals surface area contributed by atoms with Crippen molar-refractivity contribution < 1.29 is 4.74 Å². The van der Waals surface area contributed by atoms with Gasteiger partial charge in [-0.25, -0.2) is 0 Å². The van der Waals surface area contributed by atoms with Crippen LogP contribution in [0.4, 0.5) is 5.69 Å². The van der Waals surface area contributed by atoms with Crippen molar-refractivity contribution >= 4 is 5.69 Å². The number of hydrogen-bond donors (Lipinski definition) is 2. The average Bonchev–Trinajstić information content (AvgIpc) is 3.20. The summed E-state index contributed by atoms with van der Waals surface area (Å²) in [5.74, 6) is 0.917. The van der Waals surface area contributed by atoms with Crippen LogP contribution in [0.2, 0.25) is 0 Å². The van der Waals surface area contributed by atoms with E-state index in [1.165, 1.54) is 11.1 Å². The average molecular weight is 388 g/mol. The van der Waals surface area contributed by atoms with Gasteiger partial charge in [-0.15, -0.1) is 0 Å². The zero-order chi connectivity index (χ0) is 20.1. The molecule has 0 aliphatic carbocycles. The van der Waals surface area contributed by atoms with Crippen molar-refractivity contribution in [1.29, 1.82) is 0 Å². The van der Waals surface area contributed by atoms with E-state index in [2.05, 4.69) is 70.9 Å². The van der Waals surface area contributed by atoms with Crippen LogP contribution in [0.1, 0.15) is 29.2 Å². The molecule has 0 bridgehead atoms. The summed E-state index contributed by atoms with van der Waals surface area (Å²) in [5.41, 5.74) is 10.8. The molecule has 4 rings (SSSR count). The van der Waals surface area contributed by atoms with Gasteiger partial charge in [-0.1, -0.05) is 60.7 Å². The van der Waals surface area contributed by atoms with Crippen LogP contribution in [-0.4, -0.2) is 31.1 Å². The number of nitrogens with one attached hydrogen (secondary N) is 1. The largest absolute Gasteiger partial charge is 0.497 e. The first-order valence-electron chi connectivity index (χ1n) is 10.2. The van der Waals surface area contributed by atoms with Gasteiger partial charge in [0, 0.05) is 31.4 Å². The summed E-state index contributed by atoms with van der Waals surface area (Å²) in [6.45, 7) is 3.05. The third kappa shape index (κ3) is 4.78. The molecule has 29 heavy (non-hydrogen) atoms. The predicted molar refractivity (Wildman–Crippen MR) is 119 cm³/mol. The Labute approximate surface area is 173 Å². The van der Waals surface area contributed by atoms with Gasteiger partial charge in [-0.2, -0.15) is 0 Å². The fourth-order valence-corrected chi connectivity index (χ4v) is 4.16. The lowest BCUT2D eigenvalue weighted by Crippen LogP contribution is -2.36. The number of anilines is 1. The van der Waals surface area contributed by atoms with Gasteiger partial charge in [0.05, 0.1) is 13.2 Å². The molecule has 3 aromatic rings. The third-order valence-corrected chi connectivity index (χ3v) is 5.65. The molecule has 2 unspecified atom stereocenters. The zero-order valence-electron chi connectivity index (χ0n) is 16.9. The molecule has 4 heteroatoms. The summed E-state index contributed by atoms with van der Waals surface area (Å²) >= 11 is 0. The van der Waals surface area contributed by atoms with Gasteiger partial charge in [0.25, 0.3) is 0 Å². The van der Waals surface area contributed by atoms with Gasteiger partial charge in [0.1, 0.15) is 5.75 Å². The maximum Gasteiger partial charge on any atom is 0.119 e. The van der Waals surface area contributed by atoms with Gasteiger partial charge >= 0.3 is 0 Å². The van der Waals surface area contributed by atoms with Gasteiger partial charge in [0.15, 0.2) is 0 Å². The van der Waals surface area contributed by atoms with Gasteiger partial charge in [-0.3, -0.25) is 4.90 Å². The van der Waals surface area contributed by atoms with E-state index in [9.17, 15) is 0 Å². The van der Waals surface area contributed by atoms with Gasteiger partial charge in [0.2, 0.25) is 0 Å². The van der Waals surface area contributed by atoms with Crippen molar-refractivity contribution in [3.63, 3.8) is 0 Å². The Bertz CT molecular complexity index is 928. The molecule has 0 saturated carbocycles. The SMILES string of the molecule is COc1cccc(CN2CCC(NC(c3ccccc3)c3ccccc3N)C2)c1. The fourth-order valence-electron chi connectivity index (χ4n) is 4.16. The molecule has 4 nitrogen and oxygen atoms in total. The van der Waals surface area contributed by atoms with Gasteiger partial charge in [-0.05, 0) is 41.3 Å². The van der Waals surface area contributed by atoms with Crippen LogP contribution in [0.5, 0.6) is 5.75 Å². The van der Waals surface area contributed by atoms with E-state index in [4.69, 9.17) is 10.5 Å². The lowest BCUT2D eigenvalue weighted by Gasteiger charge is -2.25. The number of para-hydroxylation sites is 1. The Hall–Kier alpha value is -2.82. The van der Waals surface area contributed by atoms with Crippen molar-refractivity contribution in [3.05, 3.63) is 95.6 Å². The van der Waals surface area contributed by atoms with E-state index >= 15 is 0 Å². The van der Waals surface area contributed by atoms with Crippen LogP contribution in [0, 0.1) is 0 Å². The highest BCUT2D eigenvalue weighted by molar-refractivity contribution is 5.51.